The topological polar surface area (TPSA) is 67.8 Å². The number of thiazole rings is 1. The van der Waals surface area contributed by atoms with Gasteiger partial charge in [-0.15, -0.1) is 11.3 Å². The minimum atomic E-state index is -0.197. The molecule has 0 atom stereocenters. The predicted octanol–water partition coefficient (Wildman–Crippen LogP) is 0.906. The SMILES string of the molecule is O=C(NCCc1cncs1)c1cnccn1. The average molecular weight is 234 g/mol. The van der Waals surface area contributed by atoms with Crippen molar-refractivity contribution in [2.45, 2.75) is 6.42 Å². The molecular formula is C10H10N4OS. The number of carbonyl (C=O) groups excluding carboxylic acids is 1. The number of amides is 1. The molecule has 16 heavy (non-hydrogen) atoms. The Morgan fingerprint density at radius 2 is 2.25 bits per heavy atom. The molecule has 5 nitrogen and oxygen atoms in total. The summed E-state index contributed by atoms with van der Waals surface area (Å²) in [6.45, 7) is 0.581. The summed E-state index contributed by atoms with van der Waals surface area (Å²) in [4.78, 5) is 24.4. The Morgan fingerprint density at radius 1 is 1.31 bits per heavy atom. The van der Waals surface area contributed by atoms with Crippen LogP contribution in [0.3, 0.4) is 0 Å². The van der Waals surface area contributed by atoms with E-state index >= 15 is 0 Å². The van der Waals surface area contributed by atoms with Crippen molar-refractivity contribution >= 4 is 17.2 Å². The van der Waals surface area contributed by atoms with Gasteiger partial charge in [0.2, 0.25) is 0 Å². The quantitative estimate of drug-likeness (QED) is 0.853. The summed E-state index contributed by atoms with van der Waals surface area (Å²) in [6, 6.07) is 0. The van der Waals surface area contributed by atoms with Crippen LogP contribution in [0.4, 0.5) is 0 Å². The van der Waals surface area contributed by atoms with Crippen molar-refractivity contribution in [3.63, 3.8) is 0 Å². The van der Waals surface area contributed by atoms with Gasteiger partial charge in [-0.25, -0.2) is 4.98 Å². The lowest BCUT2D eigenvalue weighted by Gasteiger charge is -2.02. The lowest BCUT2D eigenvalue weighted by atomic mass is 10.3. The lowest BCUT2D eigenvalue weighted by Crippen LogP contribution is -2.26. The molecule has 0 aliphatic rings. The van der Waals surface area contributed by atoms with Gasteiger partial charge >= 0.3 is 0 Å². The summed E-state index contributed by atoms with van der Waals surface area (Å²) < 4.78 is 0. The summed E-state index contributed by atoms with van der Waals surface area (Å²) >= 11 is 1.58. The van der Waals surface area contributed by atoms with E-state index in [1.165, 1.54) is 18.6 Å². The van der Waals surface area contributed by atoms with Crippen LogP contribution < -0.4 is 5.32 Å². The summed E-state index contributed by atoms with van der Waals surface area (Å²) in [5, 5.41) is 2.77. The maximum atomic E-state index is 11.5. The molecule has 0 saturated carbocycles. The van der Waals surface area contributed by atoms with Crippen molar-refractivity contribution in [2.24, 2.45) is 0 Å². The van der Waals surface area contributed by atoms with E-state index in [9.17, 15) is 4.79 Å². The fourth-order valence-electron chi connectivity index (χ4n) is 1.17. The van der Waals surface area contributed by atoms with Gasteiger partial charge in [0, 0.05) is 36.4 Å². The second-order valence-electron chi connectivity index (χ2n) is 3.06. The fraction of sp³-hybridized carbons (Fsp3) is 0.200. The molecule has 1 amide bonds. The molecule has 1 N–H and O–H groups in total. The fourth-order valence-corrected chi connectivity index (χ4v) is 1.77. The summed E-state index contributed by atoms with van der Waals surface area (Å²) in [7, 11) is 0. The van der Waals surface area contributed by atoms with Crippen molar-refractivity contribution in [1.82, 2.24) is 20.3 Å². The number of nitrogens with one attached hydrogen (secondary N) is 1. The summed E-state index contributed by atoms with van der Waals surface area (Å²) in [5.74, 6) is -0.197. The van der Waals surface area contributed by atoms with Gasteiger partial charge in [0.1, 0.15) is 5.69 Å². The van der Waals surface area contributed by atoms with Gasteiger partial charge < -0.3 is 5.32 Å². The first kappa shape index (κ1) is 10.7. The Bertz CT molecular complexity index is 443. The molecule has 0 fully saturated rings. The Balaban J connectivity index is 1.81. The van der Waals surface area contributed by atoms with E-state index in [0.717, 1.165) is 11.3 Å². The third kappa shape index (κ3) is 2.83. The van der Waals surface area contributed by atoms with Crippen LogP contribution in [0.5, 0.6) is 0 Å². The molecule has 0 aromatic carbocycles. The number of hydrogen-bond donors (Lipinski definition) is 1. The van der Waals surface area contributed by atoms with Crippen LogP contribution in [-0.4, -0.2) is 27.4 Å². The monoisotopic (exact) mass is 234 g/mol. The molecule has 0 saturated heterocycles. The first-order valence-electron chi connectivity index (χ1n) is 4.78. The van der Waals surface area contributed by atoms with E-state index in [1.807, 2.05) is 0 Å². The molecule has 0 aliphatic heterocycles. The highest BCUT2D eigenvalue weighted by Gasteiger charge is 2.05. The van der Waals surface area contributed by atoms with Crippen LogP contribution in [0.25, 0.3) is 0 Å². The van der Waals surface area contributed by atoms with E-state index in [2.05, 4.69) is 20.3 Å². The Kier molecular flexibility index (Phi) is 3.55. The molecule has 0 spiro atoms. The zero-order valence-corrected chi connectivity index (χ0v) is 9.28. The largest absolute Gasteiger partial charge is 0.350 e. The van der Waals surface area contributed by atoms with Crippen molar-refractivity contribution in [2.75, 3.05) is 6.54 Å². The Labute approximate surface area is 96.6 Å². The van der Waals surface area contributed by atoms with E-state index in [0.29, 0.717) is 12.2 Å². The van der Waals surface area contributed by atoms with Crippen LogP contribution in [0.15, 0.2) is 30.3 Å². The Hall–Kier alpha value is -1.82. The van der Waals surface area contributed by atoms with Gasteiger partial charge in [-0.2, -0.15) is 0 Å². The molecule has 2 aromatic rings. The van der Waals surface area contributed by atoms with Crippen LogP contribution in [0, 0.1) is 0 Å². The van der Waals surface area contributed by atoms with E-state index < -0.39 is 0 Å². The highest BCUT2D eigenvalue weighted by atomic mass is 32.1. The van der Waals surface area contributed by atoms with E-state index in [-0.39, 0.29) is 5.91 Å². The van der Waals surface area contributed by atoms with Gasteiger partial charge in [0.05, 0.1) is 11.7 Å². The number of nitrogens with zero attached hydrogens (tertiary/aromatic N) is 3. The average Bonchev–Trinajstić information content (AvgIpc) is 2.83. The lowest BCUT2D eigenvalue weighted by molar-refractivity contribution is 0.0949. The van der Waals surface area contributed by atoms with Crippen molar-refractivity contribution < 1.29 is 4.79 Å². The molecule has 0 bridgehead atoms. The highest BCUT2D eigenvalue weighted by molar-refractivity contribution is 7.09. The smallest absolute Gasteiger partial charge is 0.271 e. The van der Waals surface area contributed by atoms with Crippen molar-refractivity contribution in [3.8, 4) is 0 Å². The summed E-state index contributed by atoms with van der Waals surface area (Å²) in [5.41, 5.74) is 2.12. The molecule has 6 heteroatoms. The number of rotatable bonds is 4. The van der Waals surface area contributed by atoms with Gasteiger partial charge in [-0.3, -0.25) is 14.8 Å². The standard InChI is InChI=1S/C10H10N4OS/c15-10(9-6-11-3-4-13-9)14-2-1-8-5-12-7-16-8/h3-7H,1-2H2,(H,14,15). The molecule has 82 valence electrons. The maximum Gasteiger partial charge on any atom is 0.271 e. The van der Waals surface area contributed by atoms with Crippen LogP contribution in [0.2, 0.25) is 0 Å². The van der Waals surface area contributed by atoms with Crippen molar-refractivity contribution in [1.29, 1.82) is 0 Å². The highest BCUT2D eigenvalue weighted by Crippen LogP contribution is 2.05. The molecule has 2 rings (SSSR count). The predicted molar refractivity (Wildman–Crippen MR) is 60.2 cm³/mol. The normalized spacial score (nSPS) is 10.0. The second-order valence-corrected chi connectivity index (χ2v) is 4.04. The van der Waals surface area contributed by atoms with Crippen LogP contribution in [-0.2, 0) is 6.42 Å². The minimum absolute atomic E-state index is 0.197. The van der Waals surface area contributed by atoms with E-state index in [1.54, 1.807) is 23.0 Å². The first-order chi connectivity index (χ1) is 7.86. The van der Waals surface area contributed by atoms with Crippen LogP contribution >= 0.6 is 11.3 Å². The van der Waals surface area contributed by atoms with Crippen LogP contribution in [0.1, 0.15) is 15.4 Å². The minimum Gasteiger partial charge on any atom is -0.350 e. The third-order valence-corrected chi connectivity index (χ3v) is 2.78. The maximum absolute atomic E-state index is 11.5. The number of hydrogen-bond acceptors (Lipinski definition) is 5. The molecule has 2 aromatic heterocycles. The zero-order chi connectivity index (χ0) is 11.2. The summed E-state index contributed by atoms with van der Waals surface area (Å²) in [6.07, 6.45) is 7.07. The second kappa shape index (κ2) is 5.32. The third-order valence-electron chi connectivity index (χ3n) is 1.94. The van der Waals surface area contributed by atoms with Gasteiger partial charge in [0.15, 0.2) is 0 Å². The van der Waals surface area contributed by atoms with Crippen molar-refractivity contribution in [3.05, 3.63) is 40.9 Å². The van der Waals surface area contributed by atoms with Gasteiger partial charge in [-0.1, -0.05) is 0 Å². The molecule has 0 unspecified atom stereocenters. The molecular weight excluding hydrogens is 224 g/mol. The van der Waals surface area contributed by atoms with E-state index in [4.69, 9.17) is 0 Å². The first-order valence-corrected chi connectivity index (χ1v) is 5.66. The Morgan fingerprint density at radius 3 is 2.94 bits per heavy atom. The molecule has 2 heterocycles. The zero-order valence-electron chi connectivity index (χ0n) is 8.46. The number of aromatic nitrogens is 3. The van der Waals surface area contributed by atoms with Gasteiger partial charge in [0.25, 0.3) is 5.91 Å². The molecule has 0 aliphatic carbocycles. The number of carbonyl (C=O) groups is 1. The molecule has 0 radical (unpaired) electrons. The van der Waals surface area contributed by atoms with Gasteiger partial charge in [-0.05, 0) is 0 Å².